The van der Waals surface area contributed by atoms with E-state index in [2.05, 4.69) is 25.6 Å². The largest absolute Gasteiger partial charge is 0.326 e. The van der Waals surface area contributed by atoms with E-state index in [9.17, 15) is 8.42 Å². The minimum Gasteiger partial charge on any atom is -0.326 e. The standard InChI is InChI=1S/C13H20BrN3O2S/c1-17-6-4-11(5-7-17)16-20(18,19)13-8-10(9-15)2-3-12(13)14/h2-3,8,11,16H,4-7,9,15H2,1H3. The third kappa shape index (κ3) is 3.79. The molecule has 0 aromatic heterocycles. The van der Waals surface area contributed by atoms with Crippen molar-refractivity contribution in [3.05, 3.63) is 28.2 Å². The lowest BCUT2D eigenvalue weighted by atomic mass is 10.1. The predicted molar refractivity (Wildman–Crippen MR) is 82.9 cm³/mol. The van der Waals surface area contributed by atoms with Gasteiger partial charge >= 0.3 is 0 Å². The fourth-order valence-corrected chi connectivity index (χ4v) is 4.61. The SMILES string of the molecule is CN1CCC(NS(=O)(=O)c2cc(CN)ccc2Br)CC1. The third-order valence-electron chi connectivity index (χ3n) is 3.56. The van der Waals surface area contributed by atoms with E-state index in [1.807, 2.05) is 13.1 Å². The lowest BCUT2D eigenvalue weighted by Gasteiger charge is -2.29. The maximum absolute atomic E-state index is 12.5. The second-order valence-electron chi connectivity index (χ2n) is 5.17. The van der Waals surface area contributed by atoms with Crippen LogP contribution in [0.3, 0.4) is 0 Å². The molecule has 2 rings (SSSR count). The fraction of sp³-hybridized carbons (Fsp3) is 0.538. The molecule has 0 radical (unpaired) electrons. The minimum absolute atomic E-state index is 0.00429. The summed E-state index contributed by atoms with van der Waals surface area (Å²) in [7, 11) is -1.46. The van der Waals surface area contributed by atoms with Gasteiger partial charge in [0.05, 0.1) is 4.90 Å². The molecular formula is C13H20BrN3O2S. The smallest absolute Gasteiger partial charge is 0.241 e. The molecule has 7 heteroatoms. The first kappa shape index (κ1) is 15.9. The summed E-state index contributed by atoms with van der Waals surface area (Å²) >= 11 is 3.30. The summed E-state index contributed by atoms with van der Waals surface area (Å²) in [5, 5.41) is 0. The molecule has 0 spiro atoms. The zero-order valence-electron chi connectivity index (χ0n) is 11.5. The Morgan fingerprint density at radius 2 is 2.05 bits per heavy atom. The van der Waals surface area contributed by atoms with Gasteiger partial charge in [-0.15, -0.1) is 0 Å². The van der Waals surface area contributed by atoms with Gasteiger partial charge in [-0.25, -0.2) is 13.1 Å². The van der Waals surface area contributed by atoms with Gasteiger partial charge in [-0.3, -0.25) is 0 Å². The van der Waals surface area contributed by atoms with Crippen LogP contribution in [0.5, 0.6) is 0 Å². The summed E-state index contributed by atoms with van der Waals surface area (Å²) in [5.74, 6) is 0. The highest BCUT2D eigenvalue weighted by molar-refractivity contribution is 9.10. The molecule has 1 aliphatic heterocycles. The molecule has 1 heterocycles. The Bertz CT molecular complexity index is 569. The first-order chi connectivity index (χ1) is 9.42. The van der Waals surface area contributed by atoms with Gasteiger partial charge in [0.2, 0.25) is 10.0 Å². The number of rotatable bonds is 4. The van der Waals surface area contributed by atoms with Crippen molar-refractivity contribution in [3.8, 4) is 0 Å². The number of likely N-dealkylation sites (tertiary alicyclic amines) is 1. The number of piperidine rings is 1. The Kier molecular flexibility index (Phi) is 5.19. The highest BCUT2D eigenvalue weighted by atomic mass is 79.9. The van der Waals surface area contributed by atoms with Crippen molar-refractivity contribution in [3.63, 3.8) is 0 Å². The molecule has 0 aliphatic carbocycles. The molecule has 20 heavy (non-hydrogen) atoms. The van der Waals surface area contributed by atoms with Crippen LogP contribution >= 0.6 is 15.9 Å². The molecule has 1 aromatic carbocycles. The van der Waals surface area contributed by atoms with Crippen LogP contribution in [0.15, 0.2) is 27.6 Å². The van der Waals surface area contributed by atoms with Crippen LogP contribution in [0, 0.1) is 0 Å². The Labute approximate surface area is 128 Å². The van der Waals surface area contributed by atoms with Crippen LogP contribution in [0.4, 0.5) is 0 Å². The zero-order valence-corrected chi connectivity index (χ0v) is 13.9. The number of hydrogen-bond donors (Lipinski definition) is 2. The second kappa shape index (κ2) is 6.53. The van der Waals surface area contributed by atoms with E-state index in [0.29, 0.717) is 11.0 Å². The zero-order chi connectivity index (χ0) is 14.8. The summed E-state index contributed by atoms with van der Waals surface area (Å²) in [6.45, 7) is 2.15. The van der Waals surface area contributed by atoms with Crippen LogP contribution in [0.2, 0.25) is 0 Å². The lowest BCUT2D eigenvalue weighted by molar-refractivity contribution is 0.248. The Hall–Kier alpha value is -0.470. The molecule has 0 bridgehead atoms. The van der Waals surface area contributed by atoms with Crippen LogP contribution in [-0.2, 0) is 16.6 Å². The summed E-state index contributed by atoms with van der Waals surface area (Å²) in [5.41, 5.74) is 6.38. The normalized spacial score (nSPS) is 18.4. The predicted octanol–water partition coefficient (Wildman–Crippen LogP) is 1.28. The average molecular weight is 362 g/mol. The minimum atomic E-state index is -3.51. The Balaban J connectivity index is 2.18. The quantitative estimate of drug-likeness (QED) is 0.846. The van der Waals surface area contributed by atoms with Crippen molar-refractivity contribution in [1.82, 2.24) is 9.62 Å². The van der Waals surface area contributed by atoms with E-state index >= 15 is 0 Å². The van der Waals surface area contributed by atoms with E-state index in [1.54, 1.807) is 12.1 Å². The van der Waals surface area contributed by atoms with E-state index in [4.69, 9.17) is 5.73 Å². The maximum atomic E-state index is 12.5. The molecule has 1 saturated heterocycles. The monoisotopic (exact) mass is 361 g/mol. The molecule has 0 amide bonds. The van der Waals surface area contributed by atoms with Crippen molar-refractivity contribution >= 4 is 26.0 Å². The van der Waals surface area contributed by atoms with Gasteiger partial charge in [-0.05, 0) is 66.6 Å². The fourth-order valence-electron chi connectivity index (χ4n) is 2.29. The van der Waals surface area contributed by atoms with Gasteiger partial charge in [0.25, 0.3) is 0 Å². The van der Waals surface area contributed by atoms with Crippen molar-refractivity contribution in [2.75, 3.05) is 20.1 Å². The molecule has 1 fully saturated rings. The number of sulfonamides is 1. The molecule has 112 valence electrons. The summed E-state index contributed by atoms with van der Waals surface area (Å²) in [6, 6.07) is 5.18. The van der Waals surface area contributed by atoms with Crippen LogP contribution in [0.1, 0.15) is 18.4 Å². The Morgan fingerprint density at radius 3 is 2.65 bits per heavy atom. The van der Waals surface area contributed by atoms with Gasteiger partial charge in [-0.1, -0.05) is 6.07 Å². The van der Waals surface area contributed by atoms with Crippen molar-refractivity contribution in [2.24, 2.45) is 5.73 Å². The molecule has 0 saturated carbocycles. The van der Waals surface area contributed by atoms with Gasteiger partial charge in [0.15, 0.2) is 0 Å². The second-order valence-corrected chi connectivity index (χ2v) is 7.70. The van der Waals surface area contributed by atoms with Gasteiger partial charge in [-0.2, -0.15) is 0 Å². The van der Waals surface area contributed by atoms with Crippen LogP contribution < -0.4 is 10.5 Å². The van der Waals surface area contributed by atoms with Gasteiger partial charge in [0, 0.05) is 17.1 Å². The number of hydrogen-bond acceptors (Lipinski definition) is 4. The molecular weight excluding hydrogens is 342 g/mol. The number of nitrogens with one attached hydrogen (secondary N) is 1. The molecule has 0 unspecified atom stereocenters. The van der Waals surface area contributed by atoms with Gasteiger partial charge < -0.3 is 10.6 Å². The topological polar surface area (TPSA) is 75.4 Å². The van der Waals surface area contributed by atoms with Crippen molar-refractivity contribution < 1.29 is 8.42 Å². The van der Waals surface area contributed by atoms with Crippen LogP contribution in [-0.4, -0.2) is 39.5 Å². The van der Waals surface area contributed by atoms with E-state index in [1.165, 1.54) is 0 Å². The number of benzene rings is 1. The average Bonchev–Trinajstić information content (AvgIpc) is 2.41. The third-order valence-corrected chi connectivity index (χ3v) is 6.08. The summed E-state index contributed by atoms with van der Waals surface area (Å²) < 4.78 is 28.3. The molecule has 5 nitrogen and oxygen atoms in total. The van der Waals surface area contributed by atoms with Gasteiger partial charge in [0.1, 0.15) is 0 Å². The first-order valence-electron chi connectivity index (χ1n) is 6.62. The summed E-state index contributed by atoms with van der Waals surface area (Å²) in [6.07, 6.45) is 1.67. The summed E-state index contributed by atoms with van der Waals surface area (Å²) in [4.78, 5) is 2.47. The Morgan fingerprint density at radius 1 is 1.40 bits per heavy atom. The molecule has 3 N–H and O–H groups in total. The van der Waals surface area contributed by atoms with Crippen LogP contribution in [0.25, 0.3) is 0 Å². The highest BCUT2D eigenvalue weighted by Gasteiger charge is 2.25. The molecule has 1 aromatic rings. The first-order valence-corrected chi connectivity index (χ1v) is 8.89. The van der Waals surface area contributed by atoms with Crippen molar-refractivity contribution in [1.29, 1.82) is 0 Å². The van der Waals surface area contributed by atoms with E-state index in [0.717, 1.165) is 31.5 Å². The maximum Gasteiger partial charge on any atom is 0.241 e. The highest BCUT2D eigenvalue weighted by Crippen LogP contribution is 2.24. The molecule has 1 aliphatic rings. The number of nitrogens with zero attached hydrogens (tertiary/aromatic N) is 1. The van der Waals surface area contributed by atoms with E-state index < -0.39 is 10.0 Å². The number of nitrogens with two attached hydrogens (primary N) is 1. The van der Waals surface area contributed by atoms with Crippen molar-refractivity contribution in [2.45, 2.75) is 30.3 Å². The molecule has 0 atom stereocenters. The lowest BCUT2D eigenvalue weighted by Crippen LogP contribution is -2.43. The van der Waals surface area contributed by atoms with E-state index in [-0.39, 0.29) is 10.9 Å². The number of halogens is 1.